The number of allylic oxidation sites excluding steroid dienone is 3. The Morgan fingerprint density at radius 2 is 2.17 bits per heavy atom. The number of hydrogen-bond donors (Lipinski definition) is 1. The SMILES string of the molecule is CCCOc1ccc(C=CC=CC(C)=O)cc1O. The first-order valence-corrected chi connectivity index (χ1v) is 5.94. The lowest BCUT2D eigenvalue weighted by Crippen LogP contribution is -1.95. The van der Waals surface area contributed by atoms with Crippen LogP contribution >= 0.6 is 0 Å². The molecule has 0 aromatic heterocycles. The van der Waals surface area contributed by atoms with E-state index in [1.165, 1.54) is 13.0 Å². The van der Waals surface area contributed by atoms with Crippen molar-refractivity contribution >= 4 is 11.9 Å². The number of rotatable bonds is 6. The summed E-state index contributed by atoms with van der Waals surface area (Å²) >= 11 is 0. The number of ether oxygens (including phenoxy) is 1. The Kier molecular flexibility index (Phi) is 5.71. The predicted octanol–water partition coefficient (Wildman–Crippen LogP) is 3.34. The van der Waals surface area contributed by atoms with Gasteiger partial charge in [0.05, 0.1) is 6.61 Å². The molecule has 1 rings (SSSR count). The molecule has 0 heterocycles. The van der Waals surface area contributed by atoms with Gasteiger partial charge in [0.1, 0.15) is 0 Å². The number of aromatic hydroxyl groups is 1. The maximum atomic E-state index is 10.7. The van der Waals surface area contributed by atoms with Crippen molar-refractivity contribution in [1.82, 2.24) is 0 Å². The molecule has 1 aromatic rings. The topological polar surface area (TPSA) is 46.5 Å². The van der Waals surface area contributed by atoms with Crippen LogP contribution < -0.4 is 4.74 Å². The second-order valence-corrected chi connectivity index (χ2v) is 3.90. The first-order chi connectivity index (χ1) is 8.63. The van der Waals surface area contributed by atoms with Gasteiger partial charge in [-0.05, 0) is 37.1 Å². The Hall–Kier alpha value is -2.03. The van der Waals surface area contributed by atoms with Crippen LogP contribution in [0.25, 0.3) is 6.08 Å². The molecule has 0 aliphatic rings. The van der Waals surface area contributed by atoms with Gasteiger partial charge in [0.15, 0.2) is 17.3 Å². The van der Waals surface area contributed by atoms with Crippen LogP contribution in [0.1, 0.15) is 25.8 Å². The number of carbonyl (C=O) groups is 1. The molecule has 0 saturated carbocycles. The minimum Gasteiger partial charge on any atom is -0.504 e. The summed E-state index contributed by atoms with van der Waals surface area (Å²) in [6, 6.07) is 5.21. The molecule has 0 spiro atoms. The highest BCUT2D eigenvalue weighted by atomic mass is 16.5. The lowest BCUT2D eigenvalue weighted by Gasteiger charge is -2.06. The van der Waals surface area contributed by atoms with E-state index in [-0.39, 0.29) is 11.5 Å². The largest absolute Gasteiger partial charge is 0.504 e. The Morgan fingerprint density at radius 3 is 2.78 bits per heavy atom. The summed E-state index contributed by atoms with van der Waals surface area (Å²) in [5, 5.41) is 9.73. The molecule has 0 fully saturated rings. The third-order valence-corrected chi connectivity index (χ3v) is 2.18. The van der Waals surface area contributed by atoms with Crippen LogP contribution in [0, 0.1) is 0 Å². The molecule has 0 unspecified atom stereocenters. The Labute approximate surface area is 107 Å². The van der Waals surface area contributed by atoms with Crippen LogP contribution in [0.15, 0.2) is 36.4 Å². The van der Waals surface area contributed by atoms with Gasteiger partial charge in [-0.2, -0.15) is 0 Å². The summed E-state index contributed by atoms with van der Waals surface area (Å²) in [6.45, 7) is 4.09. The van der Waals surface area contributed by atoms with Crippen molar-refractivity contribution in [2.75, 3.05) is 6.61 Å². The average molecular weight is 246 g/mol. The van der Waals surface area contributed by atoms with Gasteiger partial charge in [-0.1, -0.05) is 31.2 Å². The summed E-state index contributed by atoms with van der Waals surface area (Å²) in [4.78, 5) is 10.7. The summed E-state index contributed by atoms with van der Waals surface area (Å²) in [5.41, 5.74) is 0.851. The molecule has 3 nitrogen and oxygen atoms in total. The summed E-state index contributed by atoms with van der Waals surface area (Å²) < 4.78 is 5.37. The van der Waals surface area contributed by atoms with Crippen molar-refractivity contribution in [1.29, 1.82) is 0 Å². The zero-order valence-electron chi connectivity index (χ0n) is 10.7. The first-order valence-electron chi connectivity index (χ1n) is 5.94. The molecule has 18 heavy (non-hydrogen) atoms. The predicted molar refractivity (Wildman–Crippen MR) is 72.7 cm³/mol. The molecule has 0 aliphatic carbocycles. The molecule has 0 saturated heterocycles. The second-order valence-electron chi connectivity index (χ2n) is 3.90. The molecule has 0 aliphatic heterocycles. The maximum absolute atomic E-state index is 10.7. The van der Waals surface area contributed by atoms with E-state index in [0.717, 1.165) is 12.0 Å². The van der Waals surface area contributed by atoms with E-state index in [1.54, 1.807) is 24.3 Å². The molecule has 0 atom stereocenters. The van der Waals surface area contributed by atoms with E-state index < -0.39 is 0 Å². The second kappa shape index (κ2) is 7.33. The number of hydrogen-bond acceptors (Lipinski definition) is 3. The van der Waals surface area contributed by atoms with Crippen LogP contribution in [0.2, 0.25) is 0 Å². The minimum atomic E-state index is 0.00538. The van der Waals surface area contributed by atoms with E-state index >= 15 is 0 Å². The quantitative estimate of drug-likeness (QED) is 0.618. The van der Waals surface area contributed by atoms with Crippen LogP contribution in [0.4, 0.5) is 0 Å². The van der Waals surface area contributed by atoms with Gasteiger partial charge in [-0.25, -0.2) is 0 Å². The summed E-state index contributed by atoms with van der Waals surface area (Å²) in [5.74, 6) is 0.625. The summed E-state index contributed by atoms with van der Waals surface area (Å²) in [6.07, 6.45) is 7.61. The van der Waals surface area contributed by atoms with E-state index in [2.05, 4.69) is 0 Å². The van der Waals surface area contributed by atoms with E-state index in [4.69, 9.17) is 4.74 Å². The van der Waals surface area contributed by atoms with Crippen molar-refractivity contribution in [2.24, 2.45) is 0 Å². The lowest BCUT2D eigenvalue weighted by molar-refractivity contribution is -0.112. The van der Waals surface area contributed by atoms with E-state index in [1.807, 2.05) is 19.1 Å². The number of phenols is 1. The maximum Gasteiger partial charge on any atom is 0.160 e. The Morgan fingerprint density at radius 1 is 1.39 bits per heavy atom. The first kappa shape index (κ1) is 14.0. The molecule has 96 valence electrons. The van der Waals surface area contributed by atoms with Gasteiger partial charge in [-0.15, -0.1) is 0 Å². The molecule has 1 N–H and O–H groups in total. The molecular formula is C15H18O3. The minimum absolute atomic E-state index is 0.00538. The Balaban J connectivity index is 2.69. The average Bonchev–Trinajstić information content (AvgIpc) is 2.33. The monoisotopic (exact) mass is 246 g/mol. The molecule has 0 radical (unpaired) electrons. The highest BCUT2D eigenvalue weighted by molar-refractivity contribution is 5.87. The smallest absolute Gasteiger partial charge is 0.160 e. The van der Waals surface area contributed by atoms with Crippen LogP contribution in [-0.4, -0.2) is 17.5 Å². The van der Waals surface area contributed by atoms with Gasteiger partial charge in [0.25, 0.3) is 0 Å². The van der Waals surface area contributed by atoms with Crippen LogP contribution in [0.3, 0.4) is 0 Å². The van der Waals surface area contributed by atoms with Crippen LogP contribution in [-0.2, 0) is 4.79 Å². The summed E-state index contributed by atoms with van der Waals surface area (Å²) in [7, 11) is 0. The van der Waals surface area contributed by atoms with Crippen molar-refractivity contribution in [3.63, 3.8) is 0 Å². The molecule has 0 amide bonds. The number of carbonyl (C=O) groups excluding carboxylic acids is 1. The third-order valence-electron chi connectivity index (χ3n) is 2.18. The molecule has 1 aromatic carbocycles. The standard InChI is InChI=1S/C15H18O3/c1-3-10-18-15-9-8-13(11-14(15)17)7-5-4-6-12(2)16/h4-9,11,17H,3,10H2,1-2H3. The van der Waals surface area contributed by atoms with E-state index in [0.29, 0.717) is 12.4 Å². The van der Waals surface area contributed by atoms with Gasteiger partial charge >= 0.3 is 0 Å². The van der Waals surface area contributed by atoms with Gasteiger partial charge in [0, 0.05) is 0 Å². The van der Waals surface area contributed by atoms with Crippen LogP contribution in [0.5, 0.6) is 11.5 Å². The molecule has 3 heteroatoms. The van der Waals surface area contributed by atoms with Crippen molar-refractivity contribution in [2.45, 2.75) is 20.3 Å². The fraction of sp³-hybridized carbons (Fsp3) is 0.267. The number of phenolic OH excluding ortho intramolecular Hbond substituents is 1. The van der Waals surface area contributed by atoms with Gasteiger partial charge < -0.3 is 9.84 Å². The normalized spacial score (nSPS) is 11.2. The van der Waals surface area contributed by atoms with Gasteiger partial charge in [-0.3, -0.25) is 4.79 Å². The highest BCUT2D eigenvalue weighted by Crippen LogP contribution is 2.27. The fourth-order valence-electron chi connectivity index (χ4n) is 1.33. The third kappa shape index (κ3) is 4.87. The fourth-order valence-corrected chi connectivity index (χ4v) is 1.33. The number of benzene rings is 1. The zero-order chi connectivity index (χ0) is 13.4. The zero-order valence-corrected chi connectivity index (χ0v) is 10.7. The Bertz CT molecular complexity index is 459. The van der Waals surface area contributed by atoms with Crippen molar-refractivity contribution < 1.29 is 14.6 Å². The van der Waals surface area contributed by atoms with E-state index in [9.17, 15) is 9.90 Å². The number of ketones is 1. The van der Waals surface area contributed by atoms with Gasteiger partial charge in [0.2, 0.25) is 0 Å². The highest BCUT2D eigenvalue weighted by Gasteiger charge is 2.01. The molecule has 0 bridgehead atoms. The van der Waals surface area contributed by atoms with Crippen molar-refractivity contribution in [3.05, 3.63) is 42.0 Å². The van der Waals surface area contributed by atoms with Crippen molar-refractivity contribution in [3.8, 4) is 11.5 Å². The molecular weight excluding hydrogens is 228 g/mol. The lowest BCUT2D eigenvalue weighted by atomic mass is 10.2.